The Labute approximate surface area is 127 Å². The van der Waals surface area contributed by atoms with Crippen LogP contribution in [0.25, 0.3) is 0 Å². The number of nitrogens with two attached hydrogens (primary N) is 1. The van der Waals surface area contributed by atoms with Gasteiger partial charge in [-0.1, -0.05) is 17.7 Å². The Morgan fingerprint density at radius 1 is 1.10 bits per heavy atom. The van der Waals surface area contributed by atoms with E-state index < -0.39 is 15.7 Å². The smallest absolute Gasteiger partial charge is 0.238 e. The lowest BCUT2D eigenvalue weighted by Gasteiger charge is -2.08. The summed E-state index contributed by atoms with van der Waals surface area (Å²) >= 11 is 5.75. The number of carbonyl (C=O) groups is 1. The highest BCUT2D eigenvalue weighted by Crippen LogP contribution is 2.24. The SMILES string of the molecule is NCC(=O)Nc1cccc(S(=O)(=O)c2ccc(Cl)cc2)c1. The summed E-state index contributed by atoms with van der Waals surface area (Å²) in [6.07, 6.45) is 0. The molecule has 0 saturated heterocycles. The van der Waals surface area contributed by atoms with Gasteiger partial charge in [-0.25, -0.2) is 8.42 Å². The third kappa shape index (κ3) is 3.60. The van der Waals surface area contributed by atoms with E-state index in [0.717, 1.165) is 0 Å². The molecule has 0 aromatic heterocycles. The van der Waals surface area contributed by atoms with E-state index in [-0.39, 0.29) is 16.3 Å². The van der Waals surface area contributed by atoms with Crippen molar-refractivity contribution in [3.05, 3.63) is 53.6 Å². The second kappa shape index (κ2) is 6.26. The Morgan fingerprint density at radius 2 is 1.76 bits per heavy atom. The summed E-state index contributed by atoms with van der Waals surface area (Å²) in [7, 11) is -3.66. The molecular weight excluding hydrogens is 312 g/mol. The Hall–Kier alpha value is -1.89. The highest BCUT2D eigenvalue weighted by Gasteiger charge is 2.18. The van der Waals surface area contributed by atoms with E-state index in [0.29, 0.717) is 10.7 Å². The fourth-order valence-corrected chi connectivity index (χ4v) is 3.14. The van der Waals surface area contributed by atoms with E-state index in [4.69, 9.17) is 17.3 Å². The summed E-state index contributed by atoms with van der Waals surface area (Å²) in [5.74, 6) is -0.393. The number of halogens is 1. The molecule has 3 N–H and O–H groups in total. The van der Waals surface area contributed by atoms with E-state index in [1.54, 1.807) is 12.1 Å². The molecule has 2 rings (SSSR count). The highest BCUT2D eigenvalue weighted by atomic mass is 35.5. The summed E-state index contributed by atoms with van der Waals surface area (Å²) in [6, 6.07) is 11.9. The fraction of sp³-hybridized carbons (Fsp3) is 0.0714. The molecule has 1 amide bonds. The molecule has 21 heavy (non-hydrogen) atoms. The van der Waals surface area contributed by atoms with Crippen molar-refractivity contribution in [1.29, 1.82) is 0 Å². The van der Waals surface area contributed by atoms with Crippen LogP contribution >= 0.6 is 11.6 Å². The number of hydrogen-bond donors (Lipinski definition) is 2. The number of rotatable bonds is 4. The zero-order chi connectivity index (χ0) is 15.5. The number of anilines is 1. The van der Waals surface area contributed by atoms with Crippen molar-refractivity contribution in [2.75, 3.05) is 11.9 Å². The van der Waals surface area contributed by atoms with Crippen molar-refractivity contribution in [3.63, 3.8) is 0 Å². The quantitative estimate of drug-likeness (QED) is 0.901. The first kappa shape index (κ1) is 15.5. The summed E-state index contributed by atoms with van der Waals surface area (Å²) < 4.78 is 24.9. The minimum absolute atomic E-state index is 0.0830. The van der Waals surface area contributed by atoms with Crippen LogP contribution in [0.1, 0.15) is 0 Å². The molecule has 0 heterocycles. The number of hydrogen-bond acceptors (Lipinski definition) is 4. The molecule has 0 fully saturated rings. The molecule has 2 aromatic rings. The molecule has 0 bridgehead atoms. The lowest BCUT2D eigenvalue weighted by atomic mass is 10.3. The zero-order valence-corrected chi connectivity index (χ0v) is 12.5. The van der Waals surface area contributed by atoms with E-state index in [1.807, 2.05) is 0 Å². The van der Waals surface area contributed by atoms with Gasteiger partial charge in [0.1, 0.15) is 0 Å². The summed E-state index contributed by atoms with van der Waals surface area (Å²) in [4.78, 5) is 11.5. The molecular formula is C14H13ClN2O3S. The summed E-state index contributed by atoms with van der Waals surface area (Å²) in [6.45, 7) is -0.172. The van der Waals surface area contributed by atoms with Crippen LogP contribution in [-0.4, -0.2) is 20.9 Å². The molecule has 7 heteroatoms. The number of benzene rings is 2. The molecule has 5 nitrogen and oxygen atoms in total. The van der Waals surface area contributed by atoms with Crippen LogP contribution in [0.3, 0.4) is 0 Å². The van der Waals surface area contributed by atoms with Gasteiger partial charge in [-0.3, -0.25) is 4.79 Å². The standard InChI is InChI=1S/C14H13ClN2O3S/c15-10-4-6-12(7-5-10)21(19,20)13-3-1-2-11(8-13)17-14(18)9-16/h1-8H,9,16H2,(H,17,18). The topological polar surface area (TPSA) is 89.3 Å². The van der Waals surface area contributed by atoms with Gasteiger partial charge in [0.15, 0.2) is 0 Å². The van der Waals surface area contributed by atoms with E-state index in [9.17, 15) is 13.2 Å². The number of amides is 1. The molecule has 2 aromatic carbocycles. The van der Waals surface area contributed by atoms with Crippen LogP contribution in [0.4, 0.5) is 5.69 Å². The molecule has 0 aliphatic carbocycles. The monoisotopic (exact) mass is 324 g/mol. The van der Waals surface area contributed by atoms with Gasteiger partial charge < -0.3 is 11.1 Å². The maximum Gasteiger partial charge on any atom is 0.238 e. The second-order valence-corrected chi connectivity index (χ2v) is 6.62. The Balaban J connectivity index is 2.38. The average molecular weight is 325 g/mol. The maximum absolute atomic E-state index is 12.5. The van der Waals surface area contributed by atoms with Crippen molar-refractivity contribution in [2.45, 2.75) is 9.79 Å². The van der Waals surface area contributed by atoms with Gasteiger partial charge in [-0.05, 0) is 42.5 Å². The van der Waals surface area contributed by atoms with Crippen molar-refractivity contribution in [2.24, 2.45) is 5.73 Å². The lowest BCUT2D eigenvalue weighted by Crippen LogP contribution is -2.21. The molecule has 0 aliphatic rings. The van der Waals surface area contributed by atoms with Crippen LogP contribution in [0.5, 0.6) is 0 Å². The van der Waals surface area contributed by atoms with Crippen molar-refractivity contribution in [3.8, 4) is 0 Å². The predicted molar refractivity (Wildman–Crippen MR) is 81.0 cm³/mol. The van der Waals surface area contributed by atoms with Crippen molar-refractivity contribution in [1.82, 2.24) is 0 Å². The molecule has 0 saturated carbocycles. The number of carbonyl (C=O) groups excluding carboxylic acids is 1. The van der Waals surface area contributed by atoms with E-state index in [2.05, 4.69) is 5.32 Å². The molecule has 0 radical (unpaired) electrons. The lowest BCUT2D eigenvalue weighted by molar-refractivity contribution is -0.114. The Bertz CT molecular complexity index is 758. The zero-order valence-electron chi connectivity index (χ0n) is 10.9. The third-order valence-electron chi connectivity index (χ3n) is 2.74. The average Bonchev–Trinajstić information content (AvgIpc) is 2.48. The maximum atomic E-state index is 12.5. The minimum Gasteiger partial charge on any atom is -0.325 e. The van der Waals surface area contributed by atoms with Crippen LogP contribution in [0, 0.1) is 0 Å². The Morgan fingerprint density at radius 3 is 2.38 bits per heavy atom. The van der Waals surface area contributed by atoms with Gasteiger partial charge in [0, 0.05) is 10.7 Å². The Kier molecular flexibility index (Phi) is 4.62. The van der Waals surface area contributed by atoms with E-state index in [1.165, 1.54) is 36.4 Å². The second-order valence-electron chi connectivity index (χ2n) is 4.24. The molecule has 0 unspecified atom stereocenters. The van der Waals surface area contributed by atoms with Crippen LogP contribution in [0.15, 0.2) is 58.3 Å². The van der Waals surface area contributed by atoms with Gasteiger partial charge in [0.2, 0.25) is 15.7 Å². The summed E-state index contributed by atoms with van der Waals surface area (Å²) in [5.41, 5.74) is 5.58. The first-order valence-corrected chi connectivity index (χ1v) is 7.90. The van der Waals surface area contributed by atoms with Gasteiger partial charge in [0.05, 0.1) is 16.3 Å². The normalized spacial score (nSPS) is 11.1. The first-order valence-electron chi connectivity index (χ1n) is 6.04. The number of sulfone groups is 1. The van der Waals surface area contributed by atoms with Crippen molar-refractivity contribution >= 4 is 33.0 Å². The predicted octanol–water partition coefficient (Wildman–Crippen LogP) is 2.07. The van der Waals surface area contributed by atoms with Gasteiger partial charge in [-0.15, -0.1) is 0 Å². The number of nitrogens with one attached hydrogen (secondary N) is 1. The van der Waals surface area contributed by atoms with Crippen LogP contribution in [-0.2, 0) is 14.6 Å². The van der Waals surface area contributed by atoms with Crippen LogP contribution in [0.2, 0.25) is 5.02 Å². The molecule has 0 aliphatic heterocycles. The van der Waals surface area contributed by atoms with E-state index >= 15 is 0 Å². The molecule has 0 atom stereocenters. The first-order chi connectivity index (χ1) is 9.93. The molecule has 110 valence electrons. The molecule has 0 spiro atoms. The van der Waals surface area contributed by atoms with Crippen LogP contribution < -0.4 is 11.1 Å². The van der Waals surface area contributed by atoms with Gasteiger partial charge in [-0.2, -0.15) is 0 Å². The highest BCUT2D eigenvalue weighted by molar-refractivity contribution is 7.91. The van der Waals surface area contributed by atoms with Gasteiger partial charge in [0.25, 0.3) is 0 Å². The summed E-state index contributed by atoms with van der Waals surface area (Å²) in [5, 5.41) is 2.97. The van der Waals surface area contributed by atoms with Gasteiger partial charge >= 0.3 is 0 Å². The minimum atomic E-state index is -3.66. The third-order valence-corrected chi connectivity index (χ3v) is 4.76. The van der Waals surface area contributed by atoms with Crippen molar-refractivity contribution < 1.29 is 13.2 Å². The largest absolute Gasteiger partial charge is 0.325 e. The fourth-order valence-electron chi connectivity index (χ4n) is 1.70.